The SMILES string of the molecule is CC(C)(C)NC(=O)OC1COc2ccccc2N(Cc2nn(-c3ccccc3C#N)c3cc(Br)ccc23)C1=O. The molecular formula is C29H26BrN5O4. The lowest BCUT2D eigenvalue weighted by molar-refractivity contribution is -0.128. The first kappa shape index (κ1) is 26.3. The van der Waals surface area contributed by atoms with Gasteiger partial charge in [0, 0.05) is 15.4 Å². The quantitative estimate of drug-likeness (QED) is 0.338. The highest BCUT2D eigenvalue weighted by molar-refractivity contribution is 9.10. The summed E-state index contributed by atoms with van der Waals surface area (Å²) < 4.78 is 14.0. The van der Waals surface area contributed by atoms with Crippen molar-refractivity contribution in [1.29, 1.82) is 5.26 Å². The van der Waals surface area contributed by atoms with E-state index in [4.69, 9.17) is 14.6 Å². The smallest absolute Gasteiger partial charge is 0.408 e. The first-order valence-electron chi connectivity index (χ1n) is 12.3. The second-order valence-corrected chi connectivity index (χ2v) is 11.0. The van der Waals surface area contributed by atoms with Crippen LogP contribution in [0, 0.1) is 11.3 Å². The van der Waals surface area contributed by atoms with Gasteiger partial charge in [-0.1, -0.05) is 40.2 Å². The summed E-state index contributed by atoms with van der Waals surface area (Å²) in [7, 11) is 0. The van der Waals surface area contributed by atoms with Crippen molar-refractivity contribution >= 4 is 44.5 Å². The molecule has 0 aliphatic carbocycles. The average molecular weight is 588 g/mol. The van der Waals surface area contributed by atoms with Gasteiger partial charge in [0.05, 0.1) is 34.7 Å². The second-order valence-electron chi connectivity index (χ2n) is 10.1. The zero-order valence-corrected chi connectivity index (χ0v) is 23.2. The maximum atomic E-state index is 13.8. The standard InChI is InChI=1S/C29H26BrN5O4/c1-29(2,3)32-28(37)39-26-17-38-25-11-7-6-10-23(25)34(27(26)36)16-21-20-13-12-19(30)14-24(20)35(33-21)22-9-5-4-8-18(22)15-31/h4-14,26H,16-17H2,1-3H3,(H,32,37). The van der Waals surface area contributed by atoms with Crippen LogP contribution in [-0.2, 0) is 16.1 Å². The number of nitriles is 1. The van der Waals surface area contributed by atoms with E-state index in [1.54, 1.807) is 28.9 Å². The summed E-state index contributed by atoms with van der Waals surface area (Å²) in [5.74, 6) is 0.0655. The predicted octanol–water partition coefficient (Wildman–Crippen LogP) is 5.48. The molecule has 1 aromatic heterocycles. The Kier molecular flexibility index (Phi) is 7.02. The molecule has 1 atom stereocenters. The second kappa shape index (κ2) is 10.4. The molecule has 0 saturated heterocycles. The molecular weight excluding hydrogens is 562 g/mol. The van der Waals surface area contributed by atoms with Crippen LogP contribution in [0.1, 0.15) is 32.0 Å². The van der Waals surface area contributed by atoms with Crippen molar-refractivity contribution in [2.45, 2.75) is 39.0 Å². The summed E-state index contributed by atoms with van der Waals surface area (Å²) in [6, 6.07) is 22.3. The Morgan fingerprint density at radius 2 is 1.87 bits per heavy atom. The molecule has 0 radical (unpaired) electrons. The molecule has 1 aliphatic rings. The highest BCUT2D eigenvalue weighted by Crippen LogP contribution is 2.35. The lowest BCUT2D eigenvalue weighted by atomic mass is 10.1. The molecule has 10 heteroatoms. The molecule has 39 heavy (non-hydrogen) atoms. The summed E-state index contributed by atoms with van der Waals surface area (Å²) in [4.78, 5) is 27.9. The number of benzene rings is 3. The molecule has 0 saturated carbocycles. The minimum absolute atomic E-state index is 0.0831. The topological polar surface area (TPSA) is 109 Å². The number of hydrogen-bond donors (Lipinski definition) is 1. The van der Waals surface area contributed by atoms with E-state index in [-0.39, 0.29) is 13.2 Å². The lowest BCUT2D eigenvalue weighted by Gasteiger charge is -2.25. The third kappa shape index (κ3) is 5.45. The fourth-order valence-electron chi connectivity index (χ4n) is 4.40. The zero-order valence-electron chi connectivity index (χ0n) is 21.6. The van der Waals surface area contributed by atoms with E-state index in [1.165, 1.54) is 4.90 Å². The van der Waals surface area contributed by atoms with Crippen LogP contribution in [0.2, 0.25) is 0 Å². The molecule has 4 aromatic rings. The number of carbonyl (C=O) groups is 2. The van der Waals surface area contributed by atoms with Gasteiger partial charge < -0.3 is 14.8 Å². The van der Waals surface area contributed by atoms with Crippen molar-refractivity contribution < 1.29 is 19.1 Å². The van der Waals surface area contributed by atoms with Gasteiger partial charge in [-0.3, -0.25) is 9.69 Å². The van der Waals surface area contributed by atoms with Gasteiger partial charge in [0.15, 0.2) is 0 Å². The van der Waals surface area contributed by atoms with Crippen molar-refractivity contribution in [2.24, 2.45) is 0 Å². The summed E-state index contributed by atoms with van der Waals surface area (Å²) in [5, 5.41) is 18.1. The van der Waals surface area contributed by atoms with Crippen LogP contribution >= 0.6 is 15.9 Å². The number of anilines is 1. The van der Waals surface area contributed by atoms with E-state index >= 15 is 0 Å². The van der Waals surface area contributed by atoms with Gasteiger partial charge in [0.2, 0.25) is 6.10 Å². The maximum absolute atomic E-state index is 13.8. The number of para-hydroxylation sites is 3. The van der Waals surface area contributed by atoms with Crippen molar-refractivity contribution in [2.75, 3.05) is 11.5 Å². The van der Waals surface area contributed by atoms with E-state index < -0.39 is 23.6 Å². The lowest BCUT2D eigenvalue weighted by Crippen LogP contribution is -2.47. The number of carbonyl (C=O) groups excluding carboxylic acids is 2. The van der Waals surface area contributed by atoms with E-state index in [2.05, 4.69) is 27.3 Å². The number of halogens is 1. The van der Waals surface area contributed by atoms with Gasteiger partial charge in [0.1, 0.15) is 18.4 Å². The normalized spacial score (nSPS) is 15.2. The molecule has 0 fully saturated rings. The minimum Gasteiger partial charge on any atom is -0.487 e. The molecule has 0 spiro atoms. The van der Waals surface area contributed by atoms with Crippen LogP contribution in [0.5, 0.6) is 5.75 Å². The third-order valence-electron chi connectivity index (χ3n) is 6.09. The minimum atomic E-state index is -1.17. The van der Waals surface area contributed by atoms with Gasteiger partial charge in [0.25, 0.3) is 5.91 Å². The fourth-order valence-corrected chi connectivity index (χ4v) is 4.75. The Balaban J connectivity index is 1.57. The van der Waals surface area contributed by atoms with E-state index in [9.17, 15) is 14.9 Å². The van der Waals surface area contributed by atoms with Crippen LogP contribution < -0.4 is 15.0 Å². The molecule has 2 heterocycles. The highest BCUT2D eigenvalue weighted by atomic mass is 79.9. The first-order valence-corrected chi connectivity index (χ1v) is 13.1. The van der Waals surface area contributed by atoms with Gasteiger partial charge >= 0.3 is 6.09 Å². The van der Waals surface area contributed by atoms with Crippen LogP contribution in [0.15, 0.2) is 71.2 Å². The van der Waals surface area contributed by atoms with Crippen molar-refractivity contribution in [3.05, 3.63) is 82.5 Å². The summed E-state index contributed by atoms with van der Waals surface area (Å²) in [5.41, 5.74) is 2.48. The predicted molar refractivity (Wildman–Crippen MR) is 150 cm³/mol. The molecule has 5 rings (SSSR count). The van der Waals surface area contributed by atoms with Gasteiger partial charge in [-0.25, -0.2) is 9.48 Å². The van der Waals surface area contributed by atoms with Gasteiger partial charge in [-0.2, -0.15) is 10.4 Å². The van der Waals surface area contributed by atoms with Crippen LogP contribution in [0.3, 0.4) is 0 Å². The number of ether oxygens (including phenoxy) is 2. The number of amides is 2. The highest BCUT2D eigenvalue weighted by Gasteiger charge is 2.35. The zero-order chi connectivity index (χ0) is 27.7. The molecule has 1 N–H and O–H groups in total. The van der Waals surface area contributed by atoms with Crippen LogP contribution in [0.25, 0.3) is 16.6 Å². The van der Waals surface area contributed by atoms with E-state index in [0.717, 1.165) is 15.4 Å². The number of fused-ring (bicyclic) bond motifs is 2. The first-order chi connectivity index (χ1) is 18.6. The van der Waals surface area contributed by atoms with E-state index in [1.807, 2.05) is 63.2 Å². The Morgan fingerprint density at radius 1 is 1.15 bits per heavy atom. The summed E-state index contributed by atoms with van der Waals surface area (Å²) in [6.45, 7) is 5.44. The number of alkyl carbamates (subject to hydrolysis) is 1. The van der Waals surface area contributed by atoms with E-state index in [0.29, 0.717) is 28.4 Å². The molecule has 1 unspecified atom stereocenters. The summed E-state index contributed by atoms with van der Waals surface area (Å²) >= 11 is 3.53. The van der Waals surface area contributed by atoms with Gasteiger partial charge in [-0.05, 0) is 63.2 Å². The number of nitrogens with zero attached hydrogens (tertiary/aromatic N) is 4. The fraction of sp³-hybridized carbons (Fsp3) is 0.241. The summed E-state index contributed by atoms with van der Waals surface area (Å²) in [6.07, 6.45) is -1.87. The van der Waals surface area contributed by atoms with Crippen LogP contribution in [-0.4, -0.2) is 40.0 Å². The Morgan fingerprint density at radius 3 is 2.62 bits per heavy atom. The Bertz CT molecular complexity index is 1620. The van der Waals surface area contributed by atoms with Crippen molar-refractivity contribution in [3.8, 4) is 17.5 Å². The molecule has 3 aromatic carbocycles. The van der Waals surface area contributed by atoms with Crippen molar-refractivity contribution in [1.82, 2.24) is 15.1 Å². The van der Waals surface area contributed by atoms with Gasteiger partial charge in [-0.15, -0.1) is 0 Å². The molecule has 2 amide bonds. The number of aromatic nitrogens is 2. The monoisotopic (exact) mass is 587 g/mol. The van der Waals surface area contributed by atoms with Crippen LogP contribution in [0.4, 0.5) is 10.5 Å². The van der Waals surface area contributed by atoms with Crippen molar-refractivity contribution in [3.63, 3.8) is 0 Å². The Hall–Kier alpha value is -4.36. The maximum Gasteiger partial charge on any atom is 0.408 e. The number of nitrogens with one attached hydrogen (secondary N) is 1. The molecule has 1 aliphatic heterocycles. The molecule has 0 bridgehead atoms. The third-order valence-corrected chi connectivity index (χ3v) is 6.59. The largest absolute Gasteiger partial charge is 0.487 e. The molecule has 9 nitrogen and oxygen atoms in total. The average Bonchev–Trinajstić information content (AvgIpc) is 3.19. The molecule has 198 valence electrons. The number of rotatable bonds is 4. The number of hydrogen-bond acceptors (Lipinski definition) is 6. The Labute approximate surface area is 234 Å².